The van der Waals surface area contributed by atoms with Crippen LogP contribution in [-0.4, -0.2) is 28.9 Å². The van der Waals surface area contributed by atoms with Crippen molar-refractivity contribution in [2.45, 2.75) is 27.3 Å². The molecule has 0 atom stereocenters. The minimum atomic E-state index is -0.393. The van der Waals surface area contributed by atoms with Crippen LogP contribution in [0.25, 0.3) is 0 Å². The summed E-state index contributed by atoms with van der Waals surface area (Å²) in [5.41, 5.74) is 3.00. The molecular formula is C15H19N3O4. The SMILES string of the molecule is COc1cc(C)c(Cn2nc(C)c([N+](=O)[O-])c2C)cc1OC. The summed E-state index contributed by atoms with van der Waals surface area (Å²) in [5.74, 6) is 1.28. The zero-order valence-electron chi connectivity index (χ0n) is 13.3. The van der Waals surface area contributed by atoms with Crippen LogP contribution in [0, 0.1) is 30.9 Å². The third kappa shape index (κ3) is 2.74. The van der Waals surface area contributed by atoms with Crippen LogP contribution >= 0.6 is 0 Å². The average molecular weight is 305 g/mol. The molecule has 0 radical (unpaired) electrons. The number of ether oxygens (including phenoxy) is 2. The van der Waals surface area contributed by atoms with E-state index in [1.165, 1.54) is 0 Å². The number of nitrogens with zero attached hydrogens (tertiary/aromatic N) is 3. The fourth-order valence-corrected chi connectivity index (χ4v) is 2.46. The van der Waals surface area contributed by atoms with Gasteiger partial charge in [0, 0.05) is 0 Å². The van der Waals surface area contributed by atoms with Crippen molar-refractivity contribution in [3.8, 4) is 11.5 Å². The summed E-state index contributed by atoms with van der Waals surface area (Å²) < 4.78 is 12.2. The molecule has 0 fully saturated rings. The van der Waals surface area contributed by atoms with Gasteiger partial charge in [0.25, 0.3) is 0 Å². The van der Waals surface area contributed by atoms with Gasteiger partial charge in [0.2, 0.25) is 0 Å². The standard InChI is InChI=1S/C15H19N3O4/c1-9-6-13(21-4)14(22-5)7-12(9)8-17-11(3)15(18(19)20)10(2)16-17/h6-7H,8H2,1-5H3. The molecule has 1 heterocycles. The molecule has 0 spiro atoms. The Morgan fingerprint density at radius 1 is 1.18 bits per heavy atom. The van der Waals surface area contributed by atoms with Gasteiger partial charge in [0.05, 0.1) is 25.7 Å². The van der Waals surface area contributed by atoms with Gasteiger partial charge in [-0.1, -0.05) is 0 Å². The Labute approximate surface area is 128 Å². The molecule has 1 aromatic heterocycles. The average Bonchev–Trinajstić information content (AvgIpc) is 2.74. The predicted molar refractivity (Wildman–Crippen MR) is 81.7 cm³/mol. The fourth-order valence-electron chi connectivity index (χ4n) is 2.46. The maximum absolute atomic E-state index is 11.1. The highest BCUT2D eigenvalue weighted by Gasteiger charge is 2.22. The van der Waals surface area contributed by atoms with Crippen LogP contribution in [0.5, 0.6) is 11.5 Å². The van der Waals surface area contributed by atoms with E-state index in [0.29, 0.717) is 29.4 Å². The smallest absolute Gasteiger partial charge is 0.312 e. The van der Waals surface area contributed by atoms with E-state index in [0.717, 1.165) is 11.1 Å². The molecule has 0 bridgehead atoms. The number of aryl methyl sites for hydroxylation is 2. The van der Waals surface area contributed by atoms with Crippen molar-refractivity contribution < 1.29 is 14.4 Å². The van der Waals surface area contributed by atoms with E-state index >= 15 is 0 Å². The first kappa shape index (κ1) is 15.8. The minimum Gasteiger partial charge on any atom is -0.493 e. The second-order valence-corrected chi connectivity index (χ2v) is 5.07. The number of methoxy groups -OCH3 is 2. The van der Waals surface area contributed by atoms with E-state index in [-0.39, 0.29) is 5.69 Å². The van der Waals surface area contributed by atoms with Gasteiger partial charge < -0.3 is 9.47 Å². The molecule has 0 amide bonds. The summed E-state index contributed by atoms with van der Waals surface area (Å²) in [4.78, 5) is 10.7. The van der Waals surface area contributed by atoms with Crippen LogP contribution < -0.4 is 9.47 Å². The van der Waals surface area contributed by atoms with Gasteiger partial charge in [0.1, 0.15) is 11.4 Å². The summed E-state index contributed by atoms with van der Waals surface area (Å²) in [6.45, 7) is 5.74. The molecule has 0 unspecified atom stereocenters. The largest absolute Gasteiger partial charge is 0.493 e. The molecule has 118 valence electrons. The van der Waals surface area contributed by atoms with E-state index < -0.39 is 4.92 Å². The molecule has 2 rings (SSSR count). The lowest BCUT2D eigenvalue weighted by Crippen LogP contribution is -2.06. The molecule has 7 nitrogen and oxygen atoms in total. The normalized spacial score (nSPS) is 10.6. The summed E-state index contributed by atoms with van der Waals surface area (Å²) in [7, 11) is 3.16. The van der Waals surface area contributed by atoms with Gasteiger partial charge in [-0.2, -0.15) is 5.10 Å². The first-order chi connectivity index (χ1) is 10.4. The highest BCUT2D eigenvalue weighted by atomic mass is 16.6. The first-order valence-electron chi connectivity index (χ1n) is 6.79. The molecule has 0 aliphatic heterocycles. The third-order valence-corrected chi connectivity index (χ3v) is 3.69. The zero-order valence-corrected chi connectivity index (χ0v) is 13.3. The van der Waals surface area contributed by atoms with Gasteiger partial charge >= 0.3 is 5.69 Å². The Morgan fingerprint density at radius 2 is 1.77 bits per heavy atom. The van der Waals surface area contributed by atoms with Crippen LogP contribution in [0.3, 0.4) is 0 Å². The quantitative estimate of drug-likeness (QED) is 0.627. The maximum atomic E-state index is 11.1. The molecule has 0 aliphatic carbocycles. The highest BCUT2D eigenvalue weighted by molar-refractivity contribution is 5.47. The molecular weight excluding hydrogens is 286 g/mol. The fraction of sp³-hybridized carbons (Fsp3) is 0.400. The van der Waals surface area contributed by atoms with Crippen molar-refractivity contribution in [1.82, 2.24) is 9.78 Å². The summed E-state index contributed by atoms with van der Waals surface area (Å²) in [6, 6.07) is 3.75. The predicted octanol–water partition coefficient (Wildman–Crippen LogP) is 2.78. The Morgan fingerprint density at radius 3 is 2.27 bits per heavy atom. The monoisotopic (exact) mass is 305 g/mol. The second-order valence-electron chi connectivity index (χ2n) is 5.07. The number of rotatable bonds is 5. The number of hydrogen-bond acceptors (Lipinski definition) is 5. The van der Waals surface area contributed by atoms with Gasteiger partial charge in [-0.3, -0.25) is 14.8 Å². The van der Waals surface area contributed by atoms with E-state index in [1.807, 2.05) is 19.1 Å². The van der Waals surface area contributed by atoms with E-state index in [4.69, 9.17) is 9.47 Å². The van der Waals surface area contributed by atoms with Gasteiger partial charge in [-0.25, -0.2) is 0 Å². The van der Waals surface area contributed by atoms with Crippen molar-refractivity contribution in [2.75, 3.05) is 14.2 Å². The summed E-state index contributed by atoms with van der Waals surface area (Å²) >= 11 is 0. The zero-order chi connectivity index (χ0) is 16.4. The van der Waals surface area contributed by atoms with Gasteiger partial charge in [0.15, 0.2) is 11.5 Å². The third-order valence-electron chi connectivity index (χ3n) is 3.69. The topological polar surface area (TPSA) is 79.4 Å². The molecule has 0 saturated carbocycles. The van der Waals surface area contributed by atoms with Crippen molar-refractivity contribution in [2.24, 2.45) is 0 Å². The number of nitro groups is 1. The molecule has 7 heteroatoms. The van der Waals surface area contributed by atoms with Crippen LogP contribution in [-0.2, 0) is 6.54 Å². The first-order valence-corrected chi connectivity index (χ1v) is 6.79. The van der Waals surface area contributed by atoms with Crippen LogP contribution in [0.4, 0.5) is 5.69 Å². The summed E-state index contributed by atoms with van der Waals surface area (Å²) in [5, 5.41) is 15.3. The van der Waals surface area contributed by atoms with Crippen molar-refractivity contribution in [1.29, 1.82) is 0 Å². The lowest BCUT2D eigenvalue weighted by molar-refractivity contribution is -0.386. The lowest BCUT2D eigenvalue weighted by atomic mass is 10.1. The summed E-state index contributed by atoms with van der Waals surface area (Å²) in [6.07, 6.45) is 0. The van der Waals surface area contributed by atoms with Gasteiger partial charge in [-0.05, 0) is 44.0 Å². The highest BCUT2D eigenvalue weighted by Crippen LogP contribution is 2.31. The minimum absolute atomic E-state index is 0.0677. The van der Waals surface area contributed by atoms with Crippen molar-refractivity contribution in [3.05, 3.63) is 44.8 Å². The van der Waals surface area contributed by atoms with Crippen LogP contribution in [0.2, 0.25) is 0 Å². The van der Waals surface area contributed by atoms with Gasteiger partial charge in [-0.15, -0.1) is 0 Å². The molecule has 0 aliphatic rings. The van der Waals surface area contributed by atoms with E-state index in [9.17, 15) is 10.1 Å². The Kier molecular flexibility index (Phi) is 4.35. The second kappa shape index (κ2) is 6.05. The molecule has 2 aromatic rings. The number of aromatic nitrogens is 2. The Hall–Kier alpha value is -2.57. The Bertz CT molecular complexity index is 722. The lowest BCUT2D eigenvalue weighted by Gasteiger charge is -2.13. The molecule has 0 N–H and O–H groups in total. The number of hydrogen-bond donors (Lipinski definition) is 0. The maximum Gasteiger partial charge on any atom is 0.312 e. The molecule has 0 saturated heterocycles. The Balaban J connectivity index is 2.43. The van der Waals surface area contributed by atoms with E-state index in [1.54, 1.807) is 32.7 Å². The van der Waals surface area contributed by atoms with E-state index in [2.05, 4.69) is 5.10 Å². The van der Waals surface area contributed by atoms with Crippen molar-refractivity contribution in [3.63, 3.8) is 0 Å². The molecule has 22 heavy (non-hydrogen) atoms. The molecule has 1 aromatic carbocycles. The number of benzene rings is 1. The van der Waals surface area contributed by atoms with Crippen molar-refractivity contribution >= 4 is 5.69 Å². The van der Waals surface area contributed by atoms with Crippen LogP contribution in [0.1, 0.15) is 22.5 Å². The van der Waals surface area contributed by atoms with Crippen LogP contribution in [0.15, 0.2) is 12.1 Å².